The lowest BCUT2D eigenvalue weighted by Gasteiger charge is -2.39. The molecule has 22 heavy (non-hydrogen) atoms. The third-order valence-electron chi connectivity index (χ3n) is 5.82. The van der Waals surface area contributed by atoms with Crippen molar-refractivity contribution >= 4 is 5.78 Å². The minimum Gasteiger partial charge on any atom is -0.299 e. The number of hydrogen-bond acceptors (Lipinski definition) is 3. The molecule has 0 radical (unpaired) electrons. The van der Waals surface area contributed by atoms with Crippen molar-refractivity contribution in [2.75, 3.05) is 32.8 Å². The molecule has 3 nitrogen and oxygen atoms in total. The molecule has 0 bridgehead atoms. The lowest BCUT2D eigenvalue weighted by Crippen LogP contribution is -2.45. The Morgan fingerprint density at radius 3 is 1.86 bits per heavy atom. The van der Waals surface area contributed by atoms with E-state index in [9.17, 15) is 4.79 Å². The van der Waals surface area contributed by atoms with Crippen molar-refractivity contribution in [1.29, 1.82) is 0 Å². The second-order valence-electron chi connectivity index (χ2n) is 8.23. The van der Waals surface area contributed by atoms with Crippen LogP contribution in [0.1, 0.15) is 59.8 Å². The monoisotopic (exact) mass is 308 g/mol. The van der Waals surface area contributed by atoms with Crippen molar-refractivity contribution in [1.82, 2.24) is 9.80 Å². The number of ketones is 1. The van der Waals surface area contributed by atoms with Crippen molar-refractivity contribution < 1.29 is 4.79 Å². The van der Waals surface area contributed by atoms with Gasteiger partial charge in [-0.15, -0.1) is 0 Å². The van der Waals surface area contributed by atoms with Crippen molar-refractivity contribution in [2.24, 2.45) is 23.7 Å². The van der Waals surface area contributed by atoms with Crippen LogP contribution >= 0.6 is 0 Å². The van der Waals surface area contributed by atoms with Crippen LogP contribution in [0.4, 0.5) is 0 Å². The van der Waals surface area contributed by atoms with Crippen LogP contribution in [-0.4, -0.2) is 48.4 Å². The first-order chi connectivity index (χ1) is 10.5. The zero-order chi connectivity index (χ0) is 16.1. The zero-order valence-corrected chi connectivity index (χ0v) is 15.2. The van der Waals surface area contributed by atoms with Crippen LogP contribution in [0.2, 0.25) is 0 Å². The van der Waals surface area contributed by atoms with Crippen molar-refractivity contribution in [2.45, 2.75) is 59.8 Å². The number of hydrogen-bond donors (Lipinski definition) is 0. The molecular formula is C19H36N2O. The van der Waals surface area contributed by atoms with Crippen LogP contribution in [0.5, 0.6) is 0 Å². The molecule has 128 valence electrons. The molecule has 2 aliphatic heterocycles. The summed E-state index contributed by atoms with van der Waals surface area (Å²) in [6.45, 7) is 14.8. The molecule has 2 saturated heterocycles. The van der Waals surface area contributed by atoms with Crippen LogP contribution in [0.3, 0.4) is 0 Å². The summed E-state index contributed by atoms with van der Waals surface area (Å²) in [7, 11) is 0. The summed E-state index contributed by atoms with van der Waals surface area (Å²) in [5.74, 6) is 3.08. The summed E-state index contributed by atoms with van der Waals surface area (Å²) in [6, 6.07) is 0. The second-order valence-corrected chi connectivity index (χ2v) is 8.23. The van der Waals surface area contributed by atoms with Gasteiger partial charge in [0, 0.05) is 12.3 Å². The number of carbonyl (C=O) groups is 1. The van der Waals surface area contributed by atoms with Gasteiger partial charge in [0.1, 0.15) is 5.78 Å². The smallest absolute Gasteiger partial charge is 0.135 e. The zero-order valence-electron chi connectivity index (χ0n) is 15.2. The maximum atomic E-state index is 11.9. The molecule has 0 aromatic carbocycles. The fourth-order valence-corrected chi connectivity index (χ4v) is 3.90. The average Bonchev–Trinajstić information content (AvgIpc) is 2.49. The highest BCUT2D eigenvalue weighted by atomic mass is 16.1. The Morgan fingerprint density at radius 1 is 0.909 bits per heavy atom. The topological polar surface area (TPSA) is 23.6 Å². The van der Waals surface area contributed by atoms with Gasteiger partial charge in [-0.1, -0.05) is 27.7 Å². The highest BCUT2D eigenvalue weighted by Gasteiger charge is 2.26. The number of likely N-dealkylation sites (tertiary alicyclic amines) is 2. The summed E-state index contributed by atoms with van der Waals surface area (Å²) in [5.41, 5.74) is 0. The van der Waals surface area contributed by atoms with E-state index in [4.69, 9.17) is 0 Å². The maximum Gasteiger partial charge on any atom is 0.135 e. The Kier molecular flexibility index (Phi) is 6.88. The van der Waals surface area contributed by atoms with E-state index in [0.29, 0.717) is 11.7 Å². The predicted octanol–water partition coefficient (Wildman–Crippen LogP) is 3.64. The van der Waals surface area contributed by atoms with Crippen LogP contribution in [-0.2, 0) is 4.79 Å². The van der Waals surface area contributed by atoms with Gasteiger partial charge in [-0.3, -0.25) is 14.6 Å². The van der Waals surface area contributed by atoms with E-state index in [-0.39, 0.29) is 5.92 Å². The standard InChI is InChI=1S/C19H36N2O/c1-15(2)18-7-11-21(12-8-18)14-20-9-5-17(6-10-20)13-19(22)16(3)4/h15-18H,5-14H2,1-4H3. The molecular weight excluding hydrogens is 272 g/mol. The molecule has 2 fully saturated rings. The molecule has 3 heteroatoms. The van der Waals surface area contributed by atoms with Crippen LogP contribution in [0.25, 0.3) is 0 Å². The van der Waals surface area contributed by atoms with Gasteiger partial charge < -0.3 is 0 Å². The maximum absolute atomic E-state index is 11.9. The van der Waals surface area contributed by atoms with Gasteiger partial charge in [0.05, 0.1) is 6.67 Å². The van der Waals surface area contributed by atoms with E-state index >= 15 is 0 Å². The molecule has 2 aliphatic rings. The predicted molar refractivity (Wildman–Crippen MR) is 92.8 cm³/mol. The highest BCUT2D eigenvalue weighted by molar-refractivity contribution is 5.80. The first-order valence-corrected chi connectivity index (χ1v) is 9.43. The largest absolute Gasteiger partial charge is 0.299 e. The highest BCUT2D eigenvalue weighted by Crippen LogP contribution is 2.26. The Balaban J connectivity index is 1.65. The van der Waals surface area contributed by atoms with Crippen LogP contribution in [0, 0.1) is 23.7 Å². The van der Waals surface area contributed by atoms with Gasteiger partial charge in [-0.25, -0.2) is 0 Å². The van der Waals surface area contributed by atoms with E-state index in [1.54, 1.807) is 0 Å². The van der Waals surface area contributed by atoms with Gasteiger partial charge >= 0.3 is 0 Å². The van der Waals surface area contributed by atoms with Crippen molar-refractivity contribution in [3.05, 3.63) is 0 Å². The van der Waals surface area contributed by atoms with E-state index in [0.717, 1.165) is 24.9 Å². The molecule has 0 aromatic heterocycles. The molecule has 2 rings (SSSR count). The Morgan fingerprint density at radius 2 is 1.41 bits per heavy atom. The summed E-state index contributed by atoms with van der Waals surface area (Å²) in [4.78, 5) is 17.1. The minimum atomic E-state index is 0.209. The molecule has 0 aromatic rings. The Bertz CT molecular complexity index is 337. The molecule has 2 heterocycles. The number of piperidine rings is 2. The first kappa shape index (κ1) is 17.9. The van der Waals surface area contributed by atoms with E-state index in [1.807, 2.05) is 13.8 Å². The Hall–Kier alpha value is -0.410. The molecule has 0 atom stereocenters. The SMILES string of the molecule is CC(C)C(=O)CC1CCN(CN2CCC(C(C)C)CC2)CC1. The summed E-state index contributed by atoms with van der Waals surface area (Å²) in [6.07, 6.45) is 5.97. The number of rotatable bonds is 6. The molecule has 0 amide bonds. The van der Waals surface area contributed by atoms with Gasteiger partial charge in [-0.05, 0) is 69.6 Å². The number of carbonyl (C=O) groups excluding carboxylic acids is 1. The molecule has 0 spiro atoms. The summed E-state index contributed by atoms with van der Waals surface area (Å²) >= 11 is 0. The van der Waals surface area contributed by atoms with Crippen molar-refractivity contribution in [3.8, 4) is 0 Å². The summed E-state index contributed by atoms with van der Waals surface area (Å²) in [5, 5.41) is 0. The lowest BCUT2D eigenvalue weighted by molar-refractivity contribution is -0.123. The number of nitrogens with zero attached hydrogens (tertiary/aromatic N) is 2. The average molecular weight is 309 g/mol. The van der Waals surface area contributed by atoms with Gasteiger partial charge in [0.15, 0.2) is 0 Å². The van der Waals surface area contributed by atoms with Crippen LogP contribution in [0.15, 0.2) is 0 Å². The van der Waals surface area contributed by atoms with E-state index in [1.165, 1.54) is 51.9 Å². The second kappa shape index (κ2) is 8.44. The lowest BCUT2D eigenvalue weighted by atomic mass is 9.87. The summed E-state index contributed by atoms with van der Waals surface area (Å²) < 4.78 is 0. The van der Waals surface area contributed by atoms with Gasteiger partial charge in [0.2, 0.25) is 0 Å². The third kappa shape index (κ3) is 5.34. The normalized spacial score (nSPS) is 23.5. The van der Waals surface area contributed by atoms with Crippen LogP contribution < -0.4 is 0 Å². The molecule has 0 N–H and O–H groups in total. The first-order valence-electron chi connectivity index (χ1n) is 9.43. The quantitative estimate of drug-likeness (QED) is 0.748. The van der Waals surface area contributed by atoms with Gasteiger partial charge in [0.25, 0.3) is 0 Å². The molecule has 0 unspecified atom stereocenters. The van der Waals surface area contributed by atoms with E-state index in [2.05, 4.69) is 23.6 Å². The van der Waals surface area contributed by atoms with Crippen molar-refractivity contribution in [3.63, 3.8) is 0 Å². The number of Topliss-reactive ketones (excluding diaryl/α,β-unsaturated/α-hetero) is 1. The Labute approximate surface area is 137 Å². The fraction of sp³-hybridized carbons (Fsp3) is 0.947. The molecule has 0 saturated carbocycles. The van der Waals surface area contributed by atoms with Gasteiger partial charge in [-0.2, -0.15) is 0 Å². The minimum absolute atomic E-state index is 0.209. The molecule has 0 aliphatic carbocycles. The third-order valence-corrected chi connectivity index (χ3v) is 5.82. The van der Waals surface area contributed by atoms with E-state index < -0.39 is 0 Å². The fourth-order valence-electron chi connectivity index (χ4n) is 3.90.